The van der Waals surface area contributed by atoms with Crippen LogP contribution in [0.3, 0.4) is 0 Å². The third kappa shape index (κ3) is 7.88. The van der Waals surface area contributed by atoms with Gasteiger partial charge in [0.05, 0.1) is 6.61 Å². The van der Waals surface area contributed by atoms with Crippen molar-refractivity contribution in [2.75, 3.05) is 26.2 Å². The number of unbranched alkanes of at least 4 members (excludes halogenated alkanes) is 8. The largest absolute Gasteiger partial charge is 0.508 e. The molecule has 1 N–H and O–H groups in total. The standard InChI is InChI=1S/C36H47NO2/c38-32-22-23-33-35(27-32)39-28-34(30-16-10-8-11-17-30)36(33)31-20-18-29(19-21-31)15-9-6-4-2-1-3-5-7-12-24-37-25-13-14-26-37/h8,10-11,16-23,27,34,36,38H,1-7,9,12-15,24-26,28H2/t34-,36-/m1/s1. The van der Waals surface area contributed by atoms with Crippen LogP contribution in [0.25, 0.3) is 0 Å². The fourth-order valence-electron chi connectivity index (χ4n) is 6.60. The van der Waals surface area contributed by atoms with E-state index in [0.717, 1.165) is 17.7 Å². The molecule has 3 aromatic carbocycles. The van der Waals surface area contributed by atoms with Gasteiger partial charge in [-0.05, 0) is 74.5 Å². The summed E-state index contributed by atoms with van der Waals surface area (Å²) in [4.78, 5) is 2.64. The number of ether oxygens (including phenoxy) is 1. The molecule has 2 aliphatic rings. The Hall–Kier alpha value is -2.78. The van der Waals surface area contributed by atoms with Gasteiger partial charge in [0.2, 0.25) is 0 Å². The summed E-state index contributed by atoms with van der Waals surface area (Å²) in [6.45, 7) is 4.64. The van der Waals surface area contributed by atoms with Crippen LogP contribution in [0.2, 0.25) is 0 Å². The Morgan fingerprint density at radius 3 is 2.08 bits per heavy atom. The number of phenolic OH excluding ortho intramolecular Hbond substituents is 1. The molecule has 2 heterocycles. The predicted octanol–water partition coefficient (Wildman–Crippen LogP) is 8.85. The van der Waals surface area contributed by atoms with Crippen molar-refractivity contribution in [3.63, 3.8) is 0 Å². The maximum absolute atomic E-state index is 10.0. The third-order valence-electron chi connectivity index (χ3n) is 8.86. The minimum atomic E-state index is 0.214. The van der Waals surface area contributed by atoms with Crippen molar-refractivity contribution in [2.24, 2.45) is 0 Å². The van der Waals surface area contributed by atoms with Gasteiger partial charge >= 0.3 is 0 Å². The molecule has 5 rings (SSSR count). The number of rotatable bonds is 14. The molecule has 0 aromatic heterocycles. The minimum Gasteiger partial charge on any atom is -0.508 e. The number of aromatic hydroxyl groups is 1. The van der Waals surface area contributed by atoms with Crippen LogP contribution in [0.5, 0.6) is 11.5 Å². The topological polar surface area (TPSA) is 32.7 Å². The average molecular weight is 526 g/mol. The van der Waals surface area contributed by atoms with Gasteiger partial charge in [0.25, 0.3) is 0 Å². The first-order valence-electron chi connectivity index (χ1n) is 15.6. The first-order chi connectivity index (χ1) is 19.3. The first-order valence-corrected chi connectivity index (χ1v) is 15.6. The molecule has 39 heavy (non-hydrogen) atoms. The van der Waals surface area contributed by atoms with E-state index in [4.69, 9.17) is 4.74 Å². The average Bonchev–Trinajstić information content (AvgIpc) is 3.50. The SMILES string of the molecule is Oc1ccc2c(c1)OC[C@H](c1ccccc1)[C@@H]2c1ccc(CCCCCCCCCCCN2CCCC2)cc1. The molecule has 0 bridgehead atoms. The van der Waals surface area contributed by atoms with Crippen LogP contribution < -0.4 is 4.74 Å². The van der Waals surface area contributed by atoms with E-state index >= 15 is 0 Å². The van der Waals surface area contributed by atoms with Crippen LogP contribution in [0.15, 0.2) is 72.8 Å². The van der Waals surface area contributed by atoms with Crippen molar-refractivity contribution in [3.05, 3.63) is 95.1 Å². The van der Waals surface area contributed by atoms with Crippen molar-refractivity contribution in [2.45, 2.75) is 88.9 Å². The molecular formula is C36H47NO2. The Labute approximate surface area is 236 Å². The Balaban J connectivity index is 1.05. The lowest BCUT2D eigenvalue weighted by atomic mass is 9.75. The van der Waals surface area contributed by atoms with Crippen molar-refractivity contribution in [1.82, 2.24) is 4.90 Å². The monoisotopic (exact) mass is 525 g/mol. The Bertz CT molecular complexity index is 1120. The quantitative estimate of drug-likeness (QED) is 0.213. The third-order valence-corrected chi connectivity index (χ3v) is 8.86. The highest BCUT2D eigenvalue weighted by molar-refractivity contribution is 5.50. The molecule has 0 amide bonds. The summed E-state index contributed by atoms with van der Waals surface area (Å²) in [6.07, 6.45) is 16.4. The van der Waals surface area contributed by atoms with Crippen molar-refractivity contribution >= 4 is 0 Å². The molecule has 1 fully saturated rings. The smallest absolute Gasteiger partial charge is 0.126 e. The molecule has 0 saturated carbocycles. The molecule has 2 aliphatic heterocycles. The Morgan fingerprint density at radius 2 is 1.36 bits per heavy atom. The van der Waals surface area contributed by atoms with E-state index in [2.05, 4.69) is 59.5 Å². The van der Waals surface area contributed by atoms with Gasteiger partial charge in [-0.3, -0.25) is 0 Å². The van der Waals surface area contributed by atoms with Gasteiger partial charge in [-0.25, -0.2) is 0 Å². The van der Waals surface area contributed by atoms with Gasteiger partial charge in [-0.2, -0.15) is 0 Å². The highest BCUT2D eigenvalue weighted by atomic mass is 16.5. The minimum absolute atomic E-state index is 0.214. The van der Waals surface area contributed by atoms with Crippen LogP contribution >= 0.6 is 0 Å². The molecule has 0 spiro atoms. The molecule has 2 atom stereocenters. The zero-order valence-electron chi connectivity index (χ0n) is 23.7. The molecule has 208 valence electrons. The van der Waals surface area contributed by atoms with Gasteiger partial charge < -0.3 is 14.7 Å². The summed E-state index contributed by atoms with van der Waals surface area (Å²) in [7, 11) is 0. The zero-order chi connectivity index (χ0) is 26.7. The number of phenols is 1. The van der Waals surface area contributed by atoms with Gasteiger partial charge in [0.15, 0.2) is 0 Å². The lowest BCUT2D eigenvalue weighted by Crippen LogP contribution is -2.25. The fraction of sp³-hybridized carbons (Fsp3) is 0.500. The summed E-state index contributed by atoms with van der Waals surface area (Å²) < 4.78 is 6.12. The summed E-state index contributed by atoms with van der Waals surface area (Å²) in [5, 5.41) is 10.0. The maximum Gasteiger partial charge on any atom is 0.126 e. The van der Waals surface area contributed by atoms with Crippen LogP contribution in [-0.2, 0) is 6.42 Å². The van der Waals surface area contributed by atoms with Crippen LogP contribution in [-0.4, -0.2) is 36.2 Å². The van der Waals surface area contributed by atoms with E-state index in [-0.39, 0.29) is 17.6 Å². The number of fused-ring (bicyclic) bond motifs is 1. The first kappa shape index (κ1) is 27.8. The molecule has 3 aromatic rings. The van der Waals surface area contributed by atoms with Crippen LogP contribution in [0.4, 0.5) is 0 Å². The molecule has 3 nitrogen and oxygen atoms in total. The molecule has 1 saturated heterocycles. The number of hydrogen-bond acceptors (Lipinski definition) is 3. The van der Waals surface area contributed by atoms with Gasteiger partial charge in [0, 0.05) is 23.5 Å². The van der Waals surface area contributed by atoms with Gasteiger partial charge in [0.1, 0.15) is 11.5 Å². The van der Waals surface area contributed by atoms with Crippen LogP contribution in [0.1, 0.15) is 105 Å². The summed E-state index contributed by atoms with van der Waals surface area (Å²) >= 11 is 0. The molecular weight excluding hydrogens is 478 g/mol. The predicted molar refractivity (Wildman–Crippen MR) is 162 cm³/mol. The van der Waals surface area contributed by atoms with Crippen molar-refractivity contribution in [1.29, 1.82) is 0 Å². The van der Waals surface area contributed by atoms with E-state index in [1.54, 1.807) is 12.1 Å². The second-order valence-electron chi connectivity index (χ2n) is 11.8. The molecule has 0 radical (unpaired) electrons. The molecule has 0 aliphatic carbocycles. The van der Waals surface area contributed by atoms with Crippen LogP contribution in [0, 0.1) is 0 Å². The fourth-order valence-corrected chi connectivity index (χ4v) is 6.60. The number of benzene rings is 3. The summed E-state index contributed by atoms with van der Waals surface area (Å²) in [5.74, 6) is 1.53. The van der Waals surface area contributed by atoms with Gasteiger partial charge in [-0.15, -0.1) is 0 Å². The lowest BCUT2D eigenvalue weighted by molar-refractivity contribution is 0.248. The molecule has 0 unspecified atom stereocenters. The highest BCUT2D eigenvalue weighted by Crippen LogP contribution is 2.46. The lowest BCUT2D eigenvalue weighted by Gasteiger charge is -2.34. The van der Waals surface area contributed by atoms with Crippen molar-refractivity contribution < 1.29 is 9.84 Å². The number of aryl methyl sites for hydroxylation is 1. The normalized spacial score (nSPS) is 19.1. The summed E-state index contributed by atoms with van der Waals surface area (Å²) in [6, 6.07) is 25.6. The van der Waals surface area contributed by atoms with E-state index in [1.165, 1.54) is 107 Å². The Kier molecular flexibility index (Phi) is 10.4. The second-order valence-corrected chi connectivity index (χ2v) is 11.8. The van der Waals surface area contributed by atoms with Crippen molar-refractivity contribution in [3.8, 4) is 11.5 Å². The Morgan fingerprint density at radius 1 is 0.692 bits per heavy atom. The van der Waals surface area contributed by atoms with E-state index in [9.17, 15) is 5.11 Å². The number of hydrogen-bond donors (Lipinski definition) is 1. The van der Waals surface area contributed by atoms with E-state index < -0.39 is 0 Å². The zero-order valence-corrected chi connectivity index (χ0v) is 23.7. The van der Waals surface area contributed by atoms with Gasteiger partial charge in [-0.1, -0.05) is 106 Å². The molecule has 3 heteroatoms. The number of nitrogens with zero attached hydrogens (tertiary/aromatic N) is 1. The van der Waals surface area contributed by atoms with E-state index in [1.807, 2.05) is 6.07 Å². The second kappa shape index (κ2) is 14.6. The highest BCUT2D eigenvalue weighted by Gasteiger charge is 2.33. The van der Waals surface area contributed by atoms with E-state index in [0.29, 0.717) is 6.61 Å². The summed E-state index contributed by atoms with van der Waals surface area (Å²) in [5.41, 5.74) is 5.22. The number of likely N-dealkylation sites (tertiary alicyclic amines) is 1. The maximum atomic E-state index is 10.0.